The molecule has 6 nitrogen and oxygen atoms in total. The first-order chi connectivity index (χ1) is 14.2. The Morgan fingerprint density at radius 3 is 2.79 bits per heavy atom. The van der Waals surface area contributed by atoms with E-state index < -0.39 is 0 Å². The Bertz CT molecular complexity index is 1220. The van der Waals surface area contributed by atoms with E-state index in [9.17, 15) is 4.79 Å². The Balaban J connectivity index is 1.58. The molecule has 1 aliphatic rings. The lowest BCUT2D eigenvalue weighted by molar-refractivity contribution is 0.0955. The molecule has 2 aromatic carbocycles. The number of rotatable bonds is 4. The summed E-state index contributed by atoms with van der Waals surface area (Å²) in [6.07, 6.45) is 0.711. The van der Waals surface area contributed by atoms with Crippen LogP contribution in [0, 0.1) is 6.92 Å². The van der Waals surface area contributed by atoms with E-state index in [1.54, 1.807) is 0 Å². The van der Waals surface area contributed by atoms with Gasteiger partial charge in [0.05, 0.1) is 17.0 Å². The highest BCUT2D eigenvalue weighted by Gasteiger charge is 2.29. The summed E-state index contributed by atoms with van der Waals surface area (Å²) in [6.45, 7) is 4.44. The topological polar surface area (TPSA) is 83.8 Å². The molecule has 0 atom stereocenters. The summed E-state index contributed by atoms with van der Waals surface area (Å²) in [4.78, 5) is 12.2. The highest BCUT2D eigenvalue weighted by atomic mass is 16.5. The van der Waals surface area contributed by atoms with Crippen LogP contribution in [-0.2, 0) is 6.42 Å². The van der Waals surface area contributed by atoms with Crippen LogP contribution in [0.4, 0.5) is 0 Å². The van der Waals surface area contributed by atoms with Gasteiger partial charge >= 0.3 is 0 Å². The number of benzene rings is 2. The second-order valence-corrected chi connectivity index (χ2v) is 7.16. The summed E-state index contributed by atoms with van der Waals surface area (Å²) in [6, 6.07) is 15.8. The molecule has 6 heteroatoms. The van der Waals surface area contributed by atoms with Gasteiger partial charge in [-0.2, -0.15) is 5.10 Å². The van der Waals surface area contributed by atoms with Crippen molar-refractivity contribution in [3.8, 4) is 33.8 Å². The zero-order valence-electron chi connectivity index (χ0n) is 16.2. The highest BCUT2D eigenvalue weighted by molar-refractivity contribution is 5.96. The molecule has 2 N–H and O–H groups in total. The predicted molar refractivity (Wildman–Crippen MR) is 111 cm³/mol. The number of hydrogen-bond acceptors (Lipinski definition) is 4. The quantitative estimate of drug-likeness (QED) is 0.482. The zero-order chi connectivity index (χ0) is 20.0. The third kappa shape index (κ3) is 2.76. The smallest absolute Gasteiger partial charge is 0.251 e. The van der Waals surface area contributed by atoms with Crippen molar-refractivity contribution in [2.24, 2.45) is 0 Å². The van der Waals surface area contributed by atoms with Crippen LogP contribution >= 0.6 is 0 Å². The van der Waals surface area contributed by atoms with Crippen LogP contribution in [0.15, 0.2) is 53.1 Å². The molecule has 0 saturated heterocycles. The molecule has 0 bridgehead atoms. The van der Waals surface area contributed by atoms with Gasteiger partial charge in [0.25, 0.3) is 5.91 Å². The Morgan fingerprint density at radius 2 is 2.00 bits per heavy atom. The fraction of sp³-hybridized carbons (Fsp3) is 0.174. The van der Waals surface area contributed by atoms with Gasteiger partial charge in [0.1, 0.15) is 11.5 Å². The summed E-state index contributed by atoms with van der Waals surface area (Å²) in [7, 11) is 0. The zero-order valence-corrected chi connectivity index (χ0v) is 16.2. The average Bonchev–Trinajstić information content (AvgIpc) is 3.41. The van der Waals surface area contributed by atoms with E-state index in [2.05, 4.69) is 20.7 Å². The second kappa shape index (κ2) is 6.74. The van der Waals surface area contributed by atoms with E-state index in [1.807, 2.05) is 62.4 Å². The normalized spacial score (nSPS) is 11.9. The molecule has 0 spiro atoms. The number of aromatic nitrogens is 3. The van der Waals surface area contributed by atoms with E-state index in [0.29, 0.717) is 18.5 Å². The Labute approximate surface area is 167 Å². The Hall–Kier alpha value is -3.67. The number of carbonyl (C=O) groups is 1. The van der Waals surface area contributed by atoms with Crippen LogP contribution in [0.2, 0.25) is 0 Å². The van der Waals surface area contributed by atoms with Crippen LogP contribution in [0.3, 0.4) is 0 Å². The molecule has 0 fully saturated rings. The van der Waals surface area contributed by atoms with Gasteiger partial charge in [0.15, 0.2) is 0 Å². The second-order valence-electron chi connectivity index (χ2n) is 7.16. The fourth-order valence-electron chi connectivity index (χ4n) is 3.99. The van der Waals surface area contributed by atoms with Crippen molar-refractivity contribution in [2.75, 3.05) is 6.54 Å². The maximum absolute atomic E-state index is 12.2. The van der Waals surface area contributed by atoms with Crippen molar-refractivity contribution in [1.82, 2.24) is 20.7 Å². The van der Waals surface area contributed by atoms with Crippen LogP contribution in [0.5, 0.6) is 0 Å². The van der Waals surface area contributed by atoms with E-state index >= 15 is 0 Å². The van der Waals surface area contributed by atoms with Crippen molar-refractivity contribution in [3.63, 3.8) is 0 Å². The number of amides is 1. The molecule has 144 valence electrons. The Kier molecular flexibility index (Phi) is 4.05. The first-order valence-corrected chi connectivity index (χ1v) is 9.68. The minimum absolute atomic E-state index is 0.0529. The predicted octanol–water partition coefficient (Wildman–Crippen LogP) is 4.36. The van der Waals surface area contributed by atoms with Crippen molar-refractivity contribution >= 4 is 5.91 Å². The van der Waals surface area contributed by atoms with Crippen molar-refractivity contribution in [1.29, 1.82) is 0 Å². The van der Waals surface area contributed by atoms with Gasteiger partial charge in [-0.1, -0.05) is 41.6 Å². The molecule has 4 aromatic rings. The molecule has 29 heavy (non-hydrogen) atoms. The Morgan fingerprint density at radius 1 is 1.17 bits per heavy atom. The van der Waals surface area contributed by atoms with Gasteiger partial charge in [-0.05, 0) is 31.5 Å². The fourth-order valence-corrected chi connectivity index (χ4v) is 3.99. The highest BCUT2D eigenvalue weighted by Crippen LogP contribution is 2.43. The van der Waals surface area contributed by atoms with E-state index in [1.165, 1.54) is 0 Å². The van der Waals surface area contributed by atoms with Gasteiger partial charge < -0.3 is 9.84 Å². The SMILES string of the molecule is CCNC(=O)c1ccc2c(c1)Cc1c-2n[nH]c1-c1c(-c2ccccc2)noc1C. The molecule has 0 radical (unpaired) electrons. The first kappa shape index (κ1) is 17.4. The molecule has 1 aliphatic carbocycles. The summed E-state index contributed by atoms with van der Waals surface area (Å²) in [5.41, 5.74) is 8.53. The van der Waals surface area contributed by atoms with Gasteiger partial charge in [-0.15, -0.1) is 0 Å². The lowest BCUT2D eigenvalue weighted by Crippen LogP contribution is -2.22. The number of hydrogen-bond donors (Lipinski definition) is 2. The number of aromatic amines is 1. The molecular formula is C23H20N4O2. The number of aryl methyl sites for hydroxylation is 1. The maximum atomic E-state index is 12.2. The number of carbonyl (C=O) groups excluding carboxylic acids is 1. The van der Waals surface area contributed by atoms with Gasteiger partial charge in [-0.3, -0.25) is 9.89 Å². The monoisotopic (exact) mass is 384 g/mol. The molecule has 0 aliphatic heterocycles. The molecule has 1 amide bonds. The first-order valence-electron chi connectivity index (χ1n) is 9.68. The summed E-state index contributed by atoms with van der Waals surface area (Å²) < 4.78 is 5.54. The van der Waals surface area contributed by atoms with E-state index in [4.69, 9.17) is 4.52 Å². The third-order valence-electron chi connectivity index (χ3n) is 5.35. The lowest BCUT2D eigenvalue weighted by Gasteiger charge is -2.05. The van der Waals surface area contributed by atoms with Crippen LogP contribution in [0.25, 0.3) is 33.8 Å². The number of fused-ring (bicyclic) bond motifs is 3. The summed E-state index contributed by atoms with van der Waals surface area (Å²) in [5, 5.41) is 14.9. The van der Waals surface area contributed by atoms with E-state index in [-0.39, 0.29) is 5.91 Å². The minimum atomic E-state index is -0.0529. The number of nitrogens with one attached hydrogen (secondary N) is 2. The van der Waals surface area contributed by atoms with Crippen molar-refractivity contribution in [3.05, 3.63) is 71.0 Å². The van der Waals surface area contributed by atoms with Crippen molar-refractivity contribution < 1.29 is 9.32 Å². The summed E-state index contributed by atoms with van der Waals surface area (Å²) >= 11 is 0. The van der Waals surface area contributed by atoms with Crippen LogP contribution in [0.1, 0.15) is 34.2 Å². The van der Waals surface area contributed by atoms with Crippen LogP contribution in [-0.4, -0.2) is 27.8 Å². The summed E-state index contributed by atoms with van der Waals surface area (Å²) in [5.74, 6) is 0.692. The number of H-pyrrole nitrogens is 1. The molecule has 0 saturated carbocycles. The maximum Gasteiger partial charge on any atom is 0.251 e. The standard InChI is InChI=1S/C23H20N4O2/c1-3-24-23(28)15-9-10-17-16(11-15)12-18-21(17)25-26-22(18)19-13(2)29-27-20(19)14-7-5-4-6-8-14/h4-11H,3,12H2,1-2H3,(H,24,28)(H,25,26). The molecular weight excluding hydrogens is 364 g/mol. The van der Waals surface area contributed by atoms with Gasteiger partial charge in [0.2, 0.25) is 0 Å². The lowest BCUT2D eigenvalue weighted by atomic mass is 10.00. The largest absolute Gasteiger partial charge is 0.360 e. The molecule has 0 unspecified atom stereocenters. The molecule has 2 heterocycles. The molecule has 5 rings (SSSR count). The van der Waals surface area contributed by atoms with Crippen molar-refractivity contribution in [2.45, 2.75) is 20.3 Å². The third-order valence-corrected chi connectivity index (χ3v) is 5.35. The van der Waals surface area contributed by atoms with Gasteiger partial charge in [-0.25, -0.2) is 0 Å². The van der Waals surface area contributed by atoms with E-state index in [0.717, 1.165) is 50.7 Å². The minimum Gasteiger partial charge on any atom is -0.360 e. The van der Waals surface area contributed by atoms with Crippen LogP contribution < -0.4 is 5.32 Å². The average molecular weight is 384 g/mol. The van der Waals surface area contributed by atoms with Gasteiger partial charge in [0, 0.05) is 35.2 Å². The number of nitrogens with zero attached hydrogens (tertiary/aromatic N) is 2. The molecule has 2 aromatic heterocycles.